The Balaban J connectivity index is 0.00000392. The summed E-state index contributed by atoms with van der Waals surface area (Å²) in [6, 6.07) is 5.95. The van der Waals surface area contributed by atoms with Crippen molar-refractivity contribution in [2.75, 3.05) is 13.3 Å². The van der Waals surface area contributed by atoms with Crippen LogP contribution in [0.4, 0.5) is 4.39 Å². The predicted molar refractivity (Wildman–Crippen MR) is 118 cm³/mol. The van der Waals surface area contributed by atoms with Crippen molar-refractivity contribution < 1.29 is 17.3 Å². The van der Waals surface area contributed by atoms with Crippen molar-refractivity contribution in [2.24, 2.45) is 4.99 Å². The van der Waals surface area contributed by atoms with Crippen LogP contribution in [-0.2, 0) is 28.7 Å². The molecule has 1 aromatic heterocycles. The molecule has 0 bridgehead atoms. The van der Waals surface area contributed by atoms with Crippen LogP contribution < -0.4 is 10.6 Å². The standard InChI is InChI=1S/C18H25FN4O3S.HI/c1-12(2)17-8-16(26-23-17)10-22-18(20-3)21-9-14-7-15(19)6-5-13(14)11-27(4,24)25;/h5-8,12H,9-11H2,1-4H3,(H2,20,21,22);1H. The molecule has 0 saturated heterocycles. The predicted octanol–water partition coefficient (Wildman–Crippen LogP) is 2.96. The van der Waals surface area contributed by atoms with Crippen LogP contribution in [0, 0.1) is 5.82 Å². The molecule has 0 fully saturated rings. The minimum absolute atomic E-state index is 0. The topological polar surface area (TPSA) is 96.6 Å². The monoisotopic (exact) mass is 524 g/mol. The number of hydrogen-bond donors (Lipinski definition) is 2. The van der Waals surface area contributed by atoms with Gasteiger partial charge in [-0.05, 0) is 29.2 Å². The van der Waals surface area contributed by atoms with Crippen molar-refractivity contribution in [1.29, 1.82) is 0 Å². The molecule has 0 aliphatic carbocycles. The van der Waals surface area contributed by atoms with Gasteiger partial charge in [0.05, 0.1) is 18.0 Å². The molecule has 7 nitrogen and oxygen atoms in total. The summed E-state index contributed by atoms with van der Waals surface area (Å²) >= 11 is 0. The van der Waals surface area contributed by atoms with E-state index in [1.165, 1.54) is 18.2 Å². The molecule has 1 heterocycles. The molecule has 0 saturated carbocycles. The van der Waals surface area contributed by atoms with Crippen LogP contribution in [0.3, 0.4) is 0 Å². The van der Waals surface area contributed by atoms with Gasteiger partial charge in [-0.25, -0.2) is 12.8 Å². The first-order valence-corrected chi connectivity index (χ1v) is 10.6. The molecule has 0 aliphatic rings. The molecule has 0 radical (unpaired) electrons. The number of sulfone groups is 1. The van der Waals surface area contributed by atoms with Gasteiger partial charge in [0.2, 0.25) is 0 Å². The Morgan fingerprint density at radius 1 is 1.21 bits per heavy atom. The van der Waals surface area contributed by atoms with E-state index in [-0.39, 0.29) is 42.2 Å². The lowest BCUT2D eigenvalue weighted by atomic mass is 10.1. The van der Waals surface area contributed by atoms with E-state index in [0.29, 0.717) is 29.4 Å². The van der Waals surface area contributed by atoms with Gasteiger partial charge in [-0.2, -0.15) is 0 Å². The number of halogens is 2. The van der Waals surface area contributed by atoms with E-state index in [2.05, 4.69) is 20.8 Å². The maximum absolute atomic E-state index is 13.6. The zero-order chi connectivity index (χ0) is 20.0. The van der Waals surface area contributed by atoms with E-state index in [0.717, 1.165) is 11.9 Å². The minimum atomic E-state index is -3.22. The zero-order valence-corrected chi connectivity index (χ0v) is 19.5. The molecule has 0 unspecified atom stereocenters. The highest BCUT2D eigenvalue weighted by atomic mass is 127. The maximum Gasteiger partial charge on any atom is 0.191 e. The molecule has 0 amide bonds. The lowest BCUT2D eigenvalue weighted by Gasteiger charge is -2.13. The van der Waals surface area contributed by atoms with E-state index < -0.39 is 15.7 Å². The number of nitrogens with zero attached hydrogens (tertiary/aromatic N) is 2. The number of aromatic nitrogens is 1. The quantitative estimate of drug-likeness (QED) is 0.329. The fourth-order valence-corrected chi connectivity index (χ4v) is 3.28. The van der Waals surface area contributed by atoms with Crippen LogP contribution in [0.25, 0.3) is 0 Å². The second-order valence-corrected chi connectivity index (χ2v) is 8.78. The summed E-state index contributed by atoms with van der Waals surface area (Å²) in [5, 5.41) is 10.1. The SMILES string of the molecule is CN=C(NCc1cc(C(C)C)no1)NCc1cc(F)ccc1CS(C)(=O)=O.I. The average molecular weight is 524 g/mol. The van der Waals surface area contributed by atoms with Crippen LogP contribution in [0.1, 0.15) is 42.3 Å². The van der Waals surface area contributed by atoms with E-state index in [4.69, 9.17) is 4.52 Å². The summed E-state index contributed by atoms with van der Waals surface area (Å²) in [5.41, 5.74) is 1.99. The first kappa shape index (κ1) is 24.3. The van der Waals surface area contributed by atoms with E-state index in [9.17, 15) is 12.8 Å². The van der Waals surface area contributed by atoms with Crippen molar-refractivity contribution in [3.8, 4) is 0 Å². The summed E-state index contributed by atoms with van der Waals surface area (Å²) in [7, 11) is -1.61. The number of nitrogens with one attached hydrogen (secondary N) is 2. The van der Waals surface area contributed by atoms with Gasteiger partial charge in [-0.15, -0.1) is 24.0 Å². The van der Waals surface area contributed by atoms with Gasteiger partial charge in [0.25, 0.3) is 0 Å². The second-order valence-electron chi connectivity index (χ2n) is 6.64. The van der Waals surface area contributed by atoms with Crippen LogP contribution in [0.5, 0.6) is 0 Å². The lowest BCUT2D eigenvalue weighted by molar-refractivity contribution is 0.372. The highest BCUT2D eigenvalue weighted by Crippen LogP contribution is 2.15. The smallest absolute Gasteiger partial charge is 0.191 e. The van der Waals surface area contributed by atoms with Gasteiger partial charge in [0, 0.05) is 25.9 Å². The second kappa shape index (κ2) is 10.7. The van der Waals surface area contributed by atoms with E-state index in [1.807, 2.05) is 19.9 Å². The van der Waals surface area contributed by atoms with E-state index >= 15 is 0 Å². The van der Waals surface area contributed by atoms with Gasteiger partial charge in [0.15, 0.2) is 21.6 Å². The fraction of sp³-hybridized carbons (Fsp3) is 0.444. The Morgan fingerprint density at radius 3 is 2.46 bits per heavy atom. The minimum Gasteiger partial charge on any atom is -0.359 e. The highest BCUT2D eigenvalue weighted by molar-refractivity contribution is 14.0. The van der Waals surface area contributed by atoms with Crippen molar-refractivity contribution in [2.45, 2.75) is 38.6 Å². The Kier molecular flexibility index (Phi) is 9.34. The Bertz CT molecular complexity index is 913. The zero-order valence-electron chi connectivity index (χ0n) is 16.3. The third-order valence-electron chi connectivity index (χ3n) is 3.85. The average Bonchev–Trinajstić information content (AvgIpc) is 3.05. The first-order valence-electron chi connectivity index (χ1n) is 8.53. The summed E-state index contributed by atoms with van der Waals surface area (Å²) in [6.45, 7) is 4.68. The number of aliphatic imine (C=N–C) groups is 1. The van der Waals surface area contributed by atoms with E-state index in [1.54, 1.807) is 7.05 Å². The van der Waals surface area contributed by atoms with Gasteiger partial charge in [-0.3, -0.25) is 4.99 Å². The number of hydrogen-bond acceptors (Lipinski definition) is 5. The molecule has 0 aliphatic heterocycles. The molecule has 10 heteroatoms. The first-order chi connectivity index (χ1) is 12.7. The molecule has 2 rings (SSSR count). The Hall–Kier alpha value is -1.69. The molecule has 156 valence electrons. The Labute approximate surface area is 182 Å². The highest BCUT2D eigenvalue weighted by Gasteiger charge is 2.12. The Morgan fingerprint density at radius 2 is 1.89 bits per heavy atom. The van der Waals surface area contributed by atoms with Gasteiger partial charge in [-0.1, -0.05) is 25.1 Å². The lowest BCUT2D eigenvalue weighted by Crippen LogP contribution is -2.36. The molecule has 28 heavy (non-hydrogen) atoms. The molecule has 0 atom stereocenters. The van der Waals surface area contributed by atoms with Gasteiger partial charge < -0.3 is 15.2 Å². The summed E-state index contributed by atoms with van der Waals surface area (Å²) in [4.78, 5) is 4.11. The number of rotatable bonds is 7. The molecule has 2 N–H and O–H groups in total. The van der Waals surface area contributed by atoms with Gasteiger partial charge in [0.1, 0.15) is 5.82 Å². The molecular weight excluding hydrogens is 498 g/mol. The molecular formula is C18H26FIN4O3S. The summed E-state index contributed by atoms with van der Waals surface area (Å²) in [5.74, 6) is 0.861. The molecule has 0 spiro atoms. The van der Waals surface area contributed by atoms with Crippen molar-refractivity contribution >= 4 is 39.8 Å². The maximum atomic E-state index is 13.6. The third kappa shape index (κ3) is 7.74. The van der Waals surface area contributed by atoms with Crippen LogP contribution >= 0.6 is 24.0 Å². The summed E-state index contributed by atoms with van der Waals surface area (Å²) < 4.78 is 42.0. The normalized spacial score (nSPS) is 12.0. The van der Waals surface area contributed by atoms with Crippen LogP contribution in [-0.4, -0.2) is 32.8 Å². The largest absolute Gasteiger partial charge is 0.359 e. The number of benzene rings is 1. The molecule has 1 aromatic carbocycles. The van der Waals surface area contributed by atoms with Crippen molar-refractivity contribution in [1.82, 2.24) is 15.8 Å². The van der Waals surface area contributed by atoms with Crippen LogP contribution in [0.2, 0.25) is 0 Å². The molecule has 2 aromatic rings. The van der Waals surface area contributed by atoms with Crippen molar-refractivity contribution in [3.05, 3.63) is 52.7 Å². The van der Waals surface area contributed by atoms with Gasteiger partial charge >= 0.3 is 0 Å². The van der Waals surface area contributed by atoms with Crippen LogP contribution in [0.15, 0.2) is 33.8 Å². The fourth-order valence-electron chi connectivity index (χ4n) is 2.44. The van der Waals surface area contributed by atoms with Crippen molar-refractivity contribution in [3.63, 3.8) is 0 Å². The third-order valence-corrected chi connectivity index (χ3v) is 4.69. The summed E-state index contributed by atoms with van der Waals surface area (Å²) in [6.07, 6.45) is 1.15. The number of guanidine groups is 1.